The van der Waals surface area contributed by atoms with Crippen molar-refractivity contribution in [2.75, 3.05) is 6.54 Å². The fraction of sp³-hybridized carbons (Fsp3) is 0.909. The Balaban J connectivity index is 3.54. The van der Waals surface area contributed by atoms with Crippen LogP contribution in [0.2, 0.25) is 0 Å². The molecule has 0 saturated heterocycles. The van der Waals surface area contributed by atoms with E-state index in [2.05, 4.69) is 19.2 Å². The van der Waals surface area contributed by atoms with Gasteiger partial charge in [0, 0.05) is 17.8 Å². The topological polar surface area (TPSA) is 29.1 Å². The Morgan fingerprint density at radius 3 is 2.29 bits per heavy atom. The van der Waals surface area contributed by atoms with Crippen LogP contribution in [0.3, 0.4) is 0 Å². The number of carbonyl (C=O) groups is 1. The predicted octanol–water partition coefficient (Wildman–Crippen LogP) is 2.80. The molecule has 0 radical (unpaired) electrons. The first-order valence-corrected chi connectivity index (χ1v) is 5.80. The van der Waals surface area contributed by atoms with Crippen molar-refractivity contribution in [3.63, 3.8) is 0 Å². The maximum atomic E-state index is 11.5. The lowest BCUT2D eigenvalue weighted by Gasteiger charge is -2.15. The van der Waals surface area contributed by atoms with Gasteiger partial charge in [0.1, 0.15) is 0 Å². The zero-order chi connectivity index (χ0) is 11.1. The fourth-order valence-corrected chi connectivity index (χ4v) is 1.21. The normalized spacial score (nSPS) is 15.3. The highest BCUT2D eigenvalue weighted by Gasteiger charge is 2.15. The summed E-state index contributed by atoms with van der Waals surface area (Å²) in [4.78, 5) is 11.5. The molecule has 0 fully saturated rings. The zero-order valence-electron chi connectivity index (χ0n) is 9.64. The molecule has 0 bridgehead atoms. The van der Waals surface area contributed by atoms with E-state index in [0.717, 1.165) is 19.4 Å². The minimum Gasteiger partial charge on any atom is -0.356 e. The summed E-state index contributed by atoms with van der Waals surface area (Å²) in [6.45, 7) is 8.80. The molecule has 0 aliphatic rings. The first kappa shape index (κ1) is 13.8. The molecular weight excluding hydrogens is 198 g/mol. The van der Waals surface area contributed by atoms with Gasteiger partial charge in [0.15, 0.2) is 0 Å². The van der Waals surface area contributed by atoms with Crippen LogP contribution in [0.15, 0.2) is 0 Å². The summed E-state index contributed by atoms with van der Waals surface area (Å²) in [5.74, 6) is 0.660. The predicted molar refractivity (Wildman–Crippen MR) is 61.6 cm³/mol. The molecule has 0 rings (SSSR count). The lowest BCUT2D eigenvalue weighted by atomic mass is 9.97. The monoisotopic (exact) mass is 219 g/mol. The maximum Gasteiger partial charge on any atom is 0.223 e. The first-order chi connectivity index (χ1) is 6.45. The van der Waals surface area contributed by atoms with Gasteiger partial charge in [-0.05, 0) is 25.7 Å². The third-order valence-corrected chi connectivity index (χ3v) is 2.71. The lowest BCUT2D eigenvalue weighted by molar-refractivity contribution is -0.125. The van der Waals surface area contributed by atoms with Gasteiger partial charge in [0.2, 0.25) is 5.91 Å². The molecule has 2 unspecified atom stereocenters. The van der Waals surface area contributed by atoms with Crippen molar-refractivity contribution >= 4 is 17.5 Å². The van der Waals surface area contributed by atoms with Crippen molar-refractivity contribution in [1.29, 1.82) is 0 Å². The number of hydrogen-bond acceptors (Lipinski definition) is 1. The molecule has 0 saturated carbocycles. The third-order valence-electron chi connectivity index (χ3n) is 2.49. The molecule has 0 aromatic rings. The Hall–Kier alpha value is -0.240. The molecule has 0 aromatic heterocycles. The van der Waals surface area contributed by atoms with Gasteiger partial charge in [0.25, 0.3) is 0 Å². The van der Waals surface area contributed by atoms with Crippen molar-refractivity contribution in [2.24, 2.45) is 11.8 Å². The number of rotatable bonds is 6. The molecule has 0 aliphatic carbocycles. The molecule has 0 aromatic carbocycles. The number of hydrogen-bond donors (Lipinski definition) is 1. The molecule has 84 valence electrons. The van der Waals surface area contributed by atoms with Crippen molar-refractivity contribution in [3.8, 4) is 0 Å². The first-order valence-electron chi connectivity index (χ1n) is 5.37. The minimum absolute atomic E-state index is 0.100. The number of alkyl halides is 1. The van der Waals surface area contributed by atoms with Gasteiger partial charge in [-0.1, -0.05) is 20.8 Å². The largest absolute Gasteiger partial charge is 0.356 e. The van der Waals surface area contributed by atoms with Crippen LogP contribution in [0.25, 0.3) is 0 Å². The Morgan fingerprint density at radius 2 is 1.86 bits per heavy atom. The van der Waals surface area contributed by atoms with Gasteiger partial charge in [-0.3, -0.25) is 4.79 Å². The molecule has 1 amide bonds. The van der Waals surface area contributed by atoms with E-state index in [1.54, 1.807) is 0 Å². The Morgan fingerprint density at radius 1 is 1.29 bits per heavy atom. The molecule has 2 nitrogen and oxygen atoms in total. The van der Waals surface area contributed by atoms with Crippen molar-refractivity contribution < 1.29 is 4.79 Å². The zero-order valence-corrected chi connectivity index (χ0v) is 10.4. The molecule has 0 spiro atoms. The summed E-state index contributed by atoms with van der Waals surface area (Å²) in [5.41, 5.74) is 0. The van der Waals surface area contributed by atoms with E-state index in [1.807, 2.05) is 13.8 Å². The molecule has 0 aliphatic heterocycles. The van der Waals surface area contributed by atoms with Gasteiger partial charge >= 0.3 is 0 Å². The van der Waals surface area contributed by atoms with Gasteiger partial charge in [-0.25, -0.2) is 0 Å². The highest BCUT2D eigenvalue weighted by atomic mass is 35.5. The van der Waals surface area contributed by atoms with E-state index in [1.165, 1.54) is 0 Å². The second-order valence-electron chi connectivity index (χ2n) is 4.25. The molecule has 0 heterocycles. The standard InChI is InChI=1S/C11H22ClNO/c1-8(2)10(4)11(14)13-7-5-6-9(3)12/h8-10H,5-7H2,1-4H3,(H,13,14). The number of amides is 1. The van der Waals surface area contributed by atoms with Crippen LogP contribution < -0.4 is 5.32 Å². The third kappa shape index (κ3) is 6.25. The number of halogens is 1. The van der Waals surface area contributed by atoms with Gasteiger partial charge in [-0.15, -0.1) is 11.6 Å². The van der Waals surface area contributed by atoms with Crippen LogP contribution in [-0.4, -0.2) is 17.8 Å². The summed E-state index contributed by atoms with van der Waals surface area (Å²) in [6, 6.07) is 0. The van der Waals surface area contributed by atoms with Crippen LogP contribution >= 0.6 is 11.6 Å². The van der Waals surface area contributed by atoms with E-state index in [-0.39, 0.29) is 17.2 Å². The summed E-state index contributed by atoms with van der Waals surface area (Å²) in [7, 11) is 0. The molecule has 14 heavy (non-hydrogen) atoms. The highest BCUT2D eigenvalue weighted by molar-refractivity contribution is 6.20. The smallest absolute Gasteiger partial charge is 0.223 e. The van der Waals surface area contributed by atoms with E-state index in [0.29, 0.717) is 5.92 Å². The summed E-state index contributed by atoms with van der Waals surface area (Å²) < 4.78 is 0. The van der Waals surface area contributed by atoms with E-state index in [9.17, 15) is 4.79 Å². The van der Waals surface area contributed by atoms with E-state index >= 15 is 0 Å². The summed E-state index contributed by atoms with van der Waals surface area (Å²) in [5, 5.41) is 3.12. The van der Waals surface area contributed by atoms with E-state index < -0.39 is 0 Å². The second kappa shape index (κ2) is 7.10. The van der Waals surface area contributed by atoms with Crippen LogP contribution in [-0.2, 0) is 4.79 Å². The van der Waals surface area contributed by atoms with Gasteiger partial charge in [-0.2, -0.15) is 0 Å². The average Bonchev–Trinajstić information content (AvgIpc) is 2.10. The van der Waals surface area contributed by atoms with Crippen molar-refractivity contribution in [2.45, 2.75) is 45.9 Å². The second-order valence-corrected chi connectivity index (χ2v) is 4.99. The van der Waals surface area contributed by atoms with Crippen molar-refractivity contribution in [3.05, 3.63) is 0 Å². The lowest BCUT2D eigenvalue weighted by Crippen LogP contribution is -2.32. The van der Waals surface area contributed by atoms with Gasteiger partial charge in [0.05, 0.1) is 0 Å². The SMILES string of the molecule is CC(Cl)CCCNC(=O)C(C)C(C)C. The summed E-state index contributed by atoms with van der Waals surface area (Å²) >= 11 is 5.79. The maximum absolute atomic E-state index is 11.5. The Kier molecular flexibility index (Phi) is 6.98. The number of nitrogens with one attached hydrogen (secondary N) is 1. The van der Waals surface area contributed by atoms with Crippen molar-refractivity contribution in [1.82, 2.24) is 5.32 Å². The van der Waals surface area contributed by atoms with Crippen LogP contribution in [0.4, 0.5) is 0 Å². The fourth-order valence-electron chi connectivity index (χ4n) is 1.06. The molecule has 3 heteroatoms. The summed E-state index contributed by atoms with van der Waals surface area (Å²) in [6.07, 6.45) is 1.92. The van der Waals surface area contributed by atoms with Gasteiger partial charge < -0.3 is 5.32 Å². The Labute approximate surface area is 92.4 Å². The molecular formula is C11H22ClNO. The van der Waals surface area contributed by atoms with Crippen LogP contribution in [0.1, 0.15) is 40.5 Å². The average molecular weight is 220 g/mol. The number of carbonyl (C=O) groups excluding carboxylic acids is 1. The van der Waals surface area contributed by atoms with Crippen LogP contribution in [0, 0.1) is 11.8 Å². The Bertz CT molecular complexity index is 169. The minimum atomic E-state index is 0.100. The quantitative estimate of drug-likeness (QED) is 0.540. The molecule has 2 atom stereocenters. The van der Waals surface area contributed by atoms with E-state index in [4.69, 9.17) is 11.6 Å². The molecule has 1 N–H and O–H groups in total. The highest BCUT2D eigenvalue weighted by Crippen LogP contribution is 2.09. The van der Waals surface area contributed by atoms with Crippen LogP contribution in [0.5, 0.6) is 0 Å².